The number of hydrogen-bond donors (Lipinski definition) is 1. The highest BCUT2D eigenvalue weighted by molar-refractivity contribution is 5.89. The second-order valence-electron chi connectivity index (χ2n) is 5.89. The highest BCUT2D eigenvalue weighted by Gasteiger charge is 2.11. The van der Waals surface area contributed by atoms with Gasteiger partial charge in [0.2, 0.25) is 5.91 Å². The zero-order valence-corrected chi connectivity index (χ0v) is 14.3. The van der Waals surface area contributed by atoms with E-state index in [0.717, 1.165) is 29.1 Å². The fraction of sp³-hybridized carbons (Fsp3) is 0.444. The third-order valence-electron chi connectivity index (χ3n) is 3.74. The Hall–Kier alpha value is -2.30. The van der Waals surface area contributed by atoms with Crippen LogP contribution in [0.15, 0.2) is 30.5 Å². The number of hydrogen-bond acceptors (Lipinski definition) is 3. The minimum atomic E-state index is -0.0700. The summed E-state index contributed by atoms with van der Waals surface area (Å²) in [7, 11) is 0. The molecule has 0 radical (unpaired) electrons. The zero-order chi connectivity index (χ0) is 16.8. The topological polar surface area (TPSA) is 56.2 Å². The molecule has 0 saturated heterocycles. The Morgan fingerprint density at radius 2 is 2.00 bits per heavy atom. The highest BCUT2D eigenvalue weighted by Crippen LogP contribution is 2.18. The molecule has 1 aromatic heterocycles. The number of nitrogens with one attached hydrogen (secondary N) is 1. The van der Waals surface area contributed by atoms with Crippen LogP contribution in [0.2, 0.25) is 0 Å². The van der Waals surface area contributed by atoms with Gasteiger partial charge in [-0.3, -0.25) is 4.79 Å². The van der Waals surface area contributed by atoms with E-state index in [1.807, 2.05) is 36.7 Å². The third-order valence-corrected chi connectivity index (χ3v) is 3.74. The standard InChI is InChI=1S/C18H25N3O2/c1-5-15(4)21-17(6-8-19-21)20-18(22)7-9-23-16-11-13(2)10-14(3)12-16/h6,8,10-12,15H,5,7,9H2,1-4H3,(H,20,22). The maximum absolute atomic E-state index is 12.1. The van der Waals surface area contributed by atoms with Gasteiger partial charge in [-0.05, 0) is 50.5 Å². The molecule has 5 nitrogen and oxygen atoms in total. The summed E-state index contributed by atoms with van der Waals surface area (Å²) in [6.07, 6.45) is 2.97. The molecule has 1 aromatic carbocycles. The van der Waals surface area contributed by atoms with E-state index in [1.165, 1.54) is 0 Å². The van der Waals surface area contributed by atoms with Crippen molar-refractivity contribution in [2.24, 2.45) is 0 Å². The summed E-state index contributed by atoms with van der Waals surface area (Å²) in [5.41, 5.74) is 2.31. The molecule has 1 amide bonds. The number of aryl methyl sites for hydroxylation is 2. The number of amides is 1. The second-order valence-corrected chi connectivity index (χ2v) is 5.89. The molecule has 1 unspecified atom stereocenters. The first-order valence-corrected chi connectivity index (χ1v) is 8.04. The van der Waals surface area contributed by atoms with Gasteiger partial charge >= 0.3 is 0 Å². The average Bonchev–Trinajstić information content (AvgIpc) is 2.93. The molecule has 0 aliphatic carbocycles. The van der Waals surface area contributed by atoms with Gasteiger partial charge in [0.1, 0.15) is 11.6 Å². The lowest BCUT2D eigenvalue weighted by Crippen LogP contribution is -2.19. The van der Waals surface area contributed by atoms with Gasteiger partial charge in [-0.15, -0.1) is 0 Å². The van der Waals surface area contributed by atoms with Gasteiger partial charge in [0.15, 0.2) is 0 Å². The maximum atomic E-state index is 12.1. The number of nitrogens with zero attached hydrogens (tertiary/aromatic N) is 2. The molecule has 0 aliphatic heterocycles. The Morgan fingerprint density at radius 3 is 2.65 bits per heavy atom. The average molecular weight is 315 g/mol. The van der Waals surface area contributed by atoms with Crippen LogP contribution >= 0.6 is 0 Å². The minimum absolute atomic E-state index is 0.0700. The SMILES string of the molecule is CCC(C)n1nccc1NC(=O)CCOc1cc(C)cc(C)c1. The molecule has 124 valence electrons. The summed E-state index contributed by atoms with van der Waals surface area (Å²) in [5.74, 6) is 1.47. The number of carbonyl (C=O) groups excluding carboxylic acids is 1. The molecule has 0 saturated carbocycles. The van der Waals surface area contributed by atoms with Gasteiger partial charge in [0.05, 0.1) is 25.3 Å². The van der Waals surface area contributed by atoms with Crippen LogP contribution in [-0.4, -0.2) is 22.3 Å². The predicted octanol–water partition coefficient (Wildman–Crippen LogP) is 3.88. The fourth-order valence-electron chi connectivity index (χ4n) is 2.42. The van der Waals surface area contributed by atoms with Crippen LogP contribution in [0.4, 0.5) is 5.82 Å². The van der Waals surface area contributed by atoms with Crippen molar-refractivity contribution < 1.29 is 9.53 Å². The molecule has 2 aromatic rings. The fourth-order valence-corrected chi connectivity index (χ4v) is 2.42. The smallest absolute Gasteiger partial charge is 0.228 e. The molecule has 0 spiro atoms. The molecule has 5 heteroatoms. The monoisotopic (exact) mass is 315 g/mol. The number of aromatic nitrogens is 2. The predicted molar refractivity (Wildman–Crippen MR) is 91.9 cm³/mol. The lowest BCUT2D eigenvalue weighted by molar-refractivity contribution is -0.116. The van der Waals surface area contributed by atoms with E-state index in [2.05, 4.69) is 30.3 Å². The Bertz CT molecular complexity index is 644. The first kappa shape index (κ1) is 17.1. The zero-order valence-electron chi connectivity index (χ0n) is 14.3. The minimum Gasteiger partial charge on any atom is -0.493 e. The van der Waals surface area contributed by atoms with E-state index in [9.17, 15) is 4.79 Å². The number of benzene rings is 1. The number of rotatable bonds is 7. The molecule has 1 heterocycles. The van der Waals surface area contributed by atoms with E-state index in [0.29, 0.717) is 13.0 Å². The van der Waals surface area contributed by atoms with Gasteiger partial charge in [0, 0.05) is 6.07 Å². The van der Waals surface area contributed by atoms with Crippen molar-refractivity contribution in [2.45, 2.75) is 46.6 Å². The largest absolute Gasteiger partial charge is 0.493 e. The first-order valence-electron chi connectivity index (χ1n) is 8.04. The number of carbonyl (C=O) groups is 1. The van der Waals surface area contributed by atoms with Crippen LogP contribution < -0.4 is 10.1 Å². The summed E-state index contributed by atoms with van der Waals surface area (Å²) in [4.78, 5) is 12.1. The molecular weight excluding hydrogens is 290 g/mol. The quantitative estimate of drug-likeness (QED) is 0.843. The van der Waals surface area contributed by atoms with Gasteiger partial charge in [0.25, 0.3) is 0 Å². The summed E-state index contributed by atoms with van der Waals surface area (Å²) >= 11 is 0. The van der Waals surface area contributed by atoms with Crippen molar-refractivity contribution >= 4 is 11.7 Å². The van der Waals surface area contributed by atoms with E-state index in [4.69, 9.17) is 4.74 Å². The van der Waals surface area contributed by atoms with Crippen molar-refractivity contribution in [3.8, 4) is 5.75 Å². The maximum Gasteiger partial charge on any atom is 0.228 e. The van der Waals surface area contributed by atoms with Crippen LogP contribution in [0.3, 0.4) is 0 Å². The van der Waals surface area contributed by atoms with Gasteiger partial charge in [-0.1, -0.05) is 13.0 Å². The molecule has 0 fully saturated rings. The molecular formula is C18H25N3O2. The van der Waals surface area contributed by atoms with E-state index < -0.39 is 0 Å². The van der Waals surface area contributed by atoms with E-state index >= 15 is 0 Å². The lowest BCUT2D eigenvalue weighted by Gasteiger charge is -2.14. The molecule has 23 heavy (non-hydrogen) atoms. The van der Waals surface area contributed by atoms with Crippen molar-refractivity contribution in [1.29, 1.82) is 0 Å². The first-order chi connectivity index (χ1) is 11.0. The summed E-state index contributed by atoms with van der Waals surface area (Å²) in [6, 6.07) is 8.11. The van der Waals surface area contributed by atoms with Crippen molar-refractivity contribution in [3.63, 3.8) is 0 Å². The second kappa shape index (κ2) is 7.81. The lowest BCUT2D eigenvalue weighted by atomic mass is 10.1. The normalized spacial score (nSPS) is 12.0. The number of ether oxygens (including phenoxy) is 1. The molecule has 0 bridgehead atoms. The van der Waals surface area contributed by atoms with Crippen molar-refractivity contribution in [3.05, 3.63) is 41.6 Å². The van der Waals surface area contributed by atoms with Gasteiger partial charge in [-0.25, -0.2) is 4.68 Å². The number of anilines is 1. The third kappa shape index (κ3) is 4.84. The molecule has 1 N–H and O–H groups in total. The Morgan fingerprint density at radius 1 is 1.30 bits per heavy atom. The van der Waals surface area contributed by atoms with E-state index in [-0.39, 0.29) is 11.9 Å². The summed E-state index contributed by atoms with van der Waals surface area (Å²) < 4.78 is 7.51. The van der Waals surface area contributed by atoms with Crippen molar-refractivity contribution in [2.75, 3.05) is 11.9 Å². The van der Waals surface area contributed by atoms with Crippen molar-refractivity contribution in [1.82, 2.24) is 9.78 Å². The van der Waals surface area contributed by atoms with E-state index in [1.54, 1.807) is 6.20 Å². The summed E-state index contributed by atoms with van der Waals surface area (Å²) in [5, 5.41) is 7.15. The Labute approximate surface area is 137 Å². The highest BCUT2D eigenvalue weighted by atomic mass is 16.5. The van der Waals surface area contributed by atoms with Gasteiger partial charge in [-0.2, -0.15) is 5.10 Å². The summed E-state index contributed by atoms with van der Waals surface area (Å²) in [6.45, 7) is 8.58. The van der Waals surface area contributed by atoms with Crippen LogP contribution in [-0.2, 0) is 4.79 Å². The van der Waals surface area contributed by atoms with Gasteiger partial charge < -0.3 is 10.1 Å². The Balaban J connectivity index is 1.85. The molecule has 1 atom stereocenters. The van der Waals surface area contributed by atoms with Crippen LogP contribution in [0.25, 0.3) is 0 Å². The van der Waals surface area contributed by atoms with Crippen LogP contribution in [0.5, 0.6) is 5.75 Å². The van der Waals surface area contributed by atoms with Crippen LogP contribution in [0.1, 0.15) is 43.9 Å². The molecule has 2 rings (SSSR count). The molecule has 0 aliphatic rings. The Kier molecular flexibility index (Phi) is 5.79. The van der Waals surface area contributed by atoms with Crippen LogP contribution in [0, 0.1) is 13.8 Å².